The first-order valence-corrected chi connectivity index (χ1v) is 19.0. The number of hydrogen-bond donors (Lipinski definition) is 0. The molecule has 15 nitrogen and oxygen atoms in total. The molecule has 0 radical (unpaired) electrons. The predicted molar refractivity (Wildman–Crippen MR) is 163 cm³/mol. The van der Waals surface area contributed by atoms with Crippen LogP contribution in [0.15, 0.2) is 0 Å². The second-order valence-electron chi connectivity index (χ2n) is 12.4. The summed E-state index contributed by atoms with van der Waals surface area (Å²) in [5.41, 5.74) is 0. The van der Waals surface area contributed by atoms with Gasteiger partial charge in [-0.3, -0.25) is 14.4 Å². The fourth-order valence-electron chi connectivity index (χ4n) is 5.13. The van der Waals surface area contributed by atoms with Crippen LogP contribution in [-0.4, -0.2) is 141 Å². The zero-order valence-corrected chi connectivity index (χ0v) is 29.6. The van der Waals surface area contributed by atoms with Crippen molar-refractivity contribution in [2.45, 2.75) is 121 Å². The summed E-state index contributed by atoms with van der Waals surface area (Å²) >= 11 is 0. The van der Waals surface area contributed by atoms with Gasteiger partial charge in [0.2, 0.25) is 0 Å². The van der Waals surface area contributed by atoms with Gasteiger partial charge in [0, 0.05) is 63.4 Å². The van der Waals surface area contributed by atoms with Gasteiger partial charge in [-0.25, -0.2) is 0 Å². The first kappa shape index (κ1) is 40.2. The van der Waals surface area contributed by atoms with Crippen LogP contribution in [0.25, 0.3) is 0 Å². The molecular formula is C30H52O15Si. The summed E-state index contributed by atoms with van der Waals surface area (Å²) in [6.45, 7) is 10.5. The van der Waals surface area contributed by atoms with Crippen molar-refractivity contribution >= 4 is 31.8 Å². The quantitative estimate of drug-likeness (QED) is 0.116. The minimum absolute atomic E-state index is 0.00849. The van der Waals surface area contributed by atoms with E-state index in [2.05, 4.69) is 19.6 Å². The van der Waals surface area contributed by atoms with Gasteiger partial charge in [0.1, 0.15) is 61.7 Å². The highest BCUT2D eigenvalue weighted by Gasteiger charge is 2.54. The van der Waals surface area contributed by atoms with Crippen molar-refractivity contribution in [2.75, 3.05) is 48.3 Å². The van der Waals surface area contributed by atoms with Crippen LogP contribution in [0.2, 0.25) is 25.7 Å². The fraction of sp³-hybridized carbons (Fsp3) is 0.867. The van der Waals surface area contributed by atoms with Crippen molar-refractivity contribution in [2.24, 2.45) is 0 Å². The monoisotopic (exact) mass is 680 g/mol. The van der Waals surface area contributed by atoms with E-state index >= 15 is 0 Å². The molecule has 0 aromatic rings. The zero-order valence-electron chi connectivity index (χ0n) is 28.6. The SMILES string of the molecule is CO[C@@H]1[C@@H](OC)[C@@H](O[C@H]2[C@H](OC)[C@@H](OC)C(OCC[Si](C)(C)C)O[C@@H]2COC(C)=O)O[C@H](COC(C)=O)[C@H]1OC(=O)CCC(C)=O. The van der Waals surface area contributed by atoms with E-state index in [-0.39, 0.29) is 31.8 Å². The summed E-state index contributed by atoms with van der Waals surface area (Å²) in [4.78, 5) is 47.7. The lowest BCUT2D eigenvalue weighted by atomic mass is 9.96. The summed E-state index contributed by atoms with van der Waals surface area (Å²) in [7, 11) is 4.35. The van der Waals surface area contributed by atoms with Crippen molar-refractivity contribution in [1.82, 2.24) is 0 Å². The van der Waals surface area contributed by atoms with E-state index in [0.29, 0.717) is 6.61 Å². The molecule has 0 aliphatic carbocycles. The molecule has 0 spiro atoms. The van der Waals surface area contributed by atoms with Crippen LogP contribution in [0.4, 0.5) is 0 Å². The highest BCUT2D eigenvalue weighted by Crippen LogP contribution is 2.34. The second kappa shape index (κ2) is 19.1. The average Bonchev–Trinajstić information content (AvgIpc) is 2.97. The lowest BCUT2D eigenvalue weighted by molar-refractivity contribution is -0.365. The summed E-state index contributed by atoms with van der Waals surface area (Å²) < 4.78 is 64.5. The number of ketones is 1. The number of carbonyl (C=O) groups is 4. The topological polar surface area (TPSA) is 170 Å². The van der Waals surface area contributed by atoms with Gasteiger partial charge in [-0.05, 0) is 13.0 Å². The van der Waals surface area contributed by atoms with Crippen molar-refractivity contribution in [3.8, 4) is 0 Å². The van der Waals surface area contributed by atoms with E-state index in [9.17, 15) is 19.2 Å². The minimum atomic E-state index is -1.42. The maximum atomic E-state index is 12.7. The Morgan fingerprint density at radius 3 is 1.59 bits per heavy atom. The van der Waals surface area contributed by atoms with E-state index in [1.807, 2.05) is 0 Å². The minimum Gasteiger partial charge on any atom is -0.463 e. The smallest absolute Gasteiger partial charge is 0.306 e. The molecule has 0 aromatic heterocycles. The third-order valence-electron chi connectivity index (χ3n) is 7.55. The largest absolute Gasteiger partial charge is 0.463 e. The van der Waals surface area contributed by atoms with Crippen molar-refractivity contribution in [1.29, 1.82) is 0 Å². The van der Waals surface area contributed by atoms with Crippen LogP contribution in [0.3, 0.4) is 0 Å². The lowest BCUT2D eigenvalue weighted by Crippen LogP contribution is -2.66. The summed E-state index contributed by atoms with van der Waals surface area (Å²) in [5, 5.41) is 0. The van der Waals surface area contributed by atoms with E-state index in [4.69, 9.17) is 52.1 Å². The normalized spacial score (nSPS) is 31.6. The first-order valence-electron chi connectivity index (χ1n) is 15.3. The number of carbonyl (C=O) groups excluding carboxylic acids is 4. The van der Waals surface area contributed by atoms with Gasteiger partial charge >= 0.3 is 17.9 Å². The van der Waals surface area contributed by atoms with Gasteiger partial charge in [-0.15, -0.1) is 0 Å². The summed E-state index contributed by atoms with van der Waals surface area (Å²) in [6, 6.07) is 0.879. The fourth-order valence-corrected chi connectivity index (χ4v) is 5.86. The van der Waals surface area contributed by atoms with Gasteiger partial charge in [-0.2, -0.15) is 0 Å². The second-order valence-corrected chi connectivity index (χ2v) is 18.1. The van der Waals surface area contributed by atoms with E-state index in [1.165, 1.54) is 49.2 Å². The van der Waals surface area contributed by atoms with Gasteiger partial charge in [0.05, 0.1) is 6.42 Å². The molecular weight excluding hydrogens is 628 g/mol. The Morgan fingerprint density at radius 1 is 0.630 bits per heavy atom. The lowest BCUT2D eigenvalue weighted by Gasteiger charge is -2.49. The molecule has 0 aromatic carbocycles. The van der Waals surface area contributed by atoms with Crippen LogP contribution in [0, 0.1) is 0 Å². The molecule has 0 amide bonds. The average molecular weight is 681 g/mol. The molecule has 2 rings (SSSR count). The van der Waals surface area contributed by atoms with E-state index in [0.717, 1.165) is 6.04 Å². The van der Waals surface area contributed by atoms with E-state index in [1.54, 1.807) is 0 Å². The molecule has 2 aliphatic rings. The molecule has 46 heavy (non-hydrogen) atoms. The van der Waals surface area contributed by atoms with E-state index < -0.39 is 87.4 Å². The summed E-state index contributed by atoms with van der Waals surface area (Å²) in [6.07, 6.45) is -9.74. The Balaban J connectivity index is 2.41. The zero-order chi connectivity index (χ0) is 34.6. The third-order valence-corrected chi connectivity index (χ3v) is 9.25. The molecule has 2 fully saturated rings. The predicted octanol–water partition coefficient (Wildman–Crippen LogP) is 1.64. The molecule has 2 aliphatic heterocycles. The number of ether oxygens (including phenoxy) is 11. The van der Waals surface area contributed by atoms with Crippen LogP contribution in [-0.2, 0) is 71.3 Å². The highest BCUT2D eigenvalue weighted by molar-refractivity contribution is 6.76. The van der Waals surface area contributed by atoms with Gasteiger partial charge in [0.15, 0.2) is 18.7 Å². The van der Waals surface area contributed by atoms with Crippen LogP contribution >= 0.6 is 0 Å². The highest BCUT2D eigenvalue weighted by atomic mass is 28.3. The molecule has 0 N–H and O–H groups in total. The van der Waals surface area contributed by atoms with Crippen LogP contribution < -0.4 is 0 Å². The Labute approximate surface area is 272 Å². The van der Waals surface area contributed by atoms with Crippen LogP contribution in [0.5, 0.6) is 0 Å². The molecule has 0 bridgehead atoms. The number of methoxy groups -OCH3 is 4. The van der Waals surface area contributed by atoms with Gasteiger partial charge in [-0.1, -0.05) is 19.6 Å². The van der Waals surface area contributed by atoms with Crippen molar-refractivity contribution in [3.05, 3.63) is 0 Å². The number of esters is 3. The molecule has 2 saturated heterocycles. The van der Waals surface area contributed by atoms with Crippen molar-refractivity contribution < 1.29 is 71.3 Å². The molecule has 0 saturated carbocycles. The van der Waals surface area contributed by atoms with Crippen molar-refractivity contribution in [3.63, 3.8) is 0 Å². The molecule has 2 heterocycles. The molecule has 266 valence electrons. The first-order chi connectivity index (χ1) is 21.6. The Kier molecular flexibility index (Phi) is 16.7. The number of Topliss-reactive ketones (excluding diaryl/α,β-unsaturated/α-hetero) is 1. The Morgan fingerprint density at radius 2 is 1.11 bits per heavy atom. The maximum Gasteiger partial charge on any atom is 0.306 e. The standard InChI is InChI=1S/C30H52O15Si/c1-17(31)11-12-22(34)44-23-20(15-40-18(2)32)43-30(28(38-7)25(23)35-4)45-24-21(16-41-19(3)33)42-29(27(37-6)26(24)36-5)39-13-14-46(8,9)10/h20-21,23-30H,11-16H2,1-10H3/t20-,21-,23-,24-,25+,26+,27-,28-,29?,30-/m1/s1. The van der Waals surface area contributed by atoms with Crippen LogP contribution in [0.1, 0.15) is 33.6 Å². The maximum absolute atomic E-state index is 12.7. The Hall–Kier alpha value is -2.02. The molecule has 1 unspecified atom stereocenters. The summed E-state index contributed by atoms with van der Waals surface area (Å²) in [5.74, 6) is -1.96. The molecule has 10 atom stereocenters. The Bertz CT molecular complexity index is 988. The van der Waals surface area contributed by atoms with Gasteiger partial charge < -0.3 is 56.9 Å². The number of rotatable bonds is 18. The molecule has 16 heteroatoms. The third kappa shape index (κ3) is 12.2. The number of hydrogen-bond acceptors (Lipinski definition) is 15. The van der Waals surface area contributed by atoms with Gasteiger partial charge in [0.25, 0.3) is 0 Å².